The van der Waals surface area contributed by atoms with Gasteiger partial charge in [-0.3, -0.25) is 4.79 Å². The molecule has 2 rings (SSSR count). The van der Waals surface area contributed by atoms with Crippen LogP contribution in [-0.4, -0.2) is 27.8 Å². The Morgan fingerprint density at radius 1 is 1.32 bits per heavy atom. The molecule has 1 saturated carbocycles. The van der Waals surface area contributed by atoms with Crippen LogP contribution in [0.3, 0.4) is 0 Å². The number of aromatic nitrogens is 2. The molecule has 124 valence electrons. The highest BCUT2D eigenvalue weighted by atomic mass is 32.2. The summed E-state index contributed by atoms with van der Waals surface area (Å²) in [6.07, 6.45) is 6.44. The van der Waals surface area contributed by atoms with Crippen molar-refractivity contribution in [2.75, 3.05) is 12.3 Å². The molecule has 1 heterocycles. The van der Waals surface area contributed by atoms with Crippen molar-refractivity contribution in [2.45, 2.75) is 71.0 Å². The van der Waals surface area contributed by atoms with E-state index in [0.717, 1.165) is 17.4 Å². The number of hydrogen-bond acceptors (Lipinski definition) is 3. The fraction of sp³-hybridized carbons (Fsp3) is 0.765. The van der Waals surface area contributed by atoms with E-state index < -0.39 is 0 Å². The number of carbonyl (C=O) groups excluding carboxylic acids is 1. The number of amides is 1. The summed E-state index contributed by atoms with van der Waals surface area (Å²) in [4.78, 5) is 16.6. The standard InChI is InChI=1S/C17H29N3OS/c1-12(2)10-18-16(21)11-22-17-19-13(3)14(4)20(17)15-8-6-5-7-9-15/h12,15H,5-11H2,1-4H3,(H,18,21). The minimum atomic E-state index is 0.104. The van der Waals surface area contributed by atoms with Crippen LogP contribution >= 0.6 is 11.8 Å². The fourth-order valence-electron chi connectivity index (χ4n) is 2.97. The van der Waals surface area contributed by atoms with Gasteiger partial charge in [0, 0.05) is 18.3 Å². The molecule has 0 unspecified atom stereocenters. The second-order valence-electron chi connectivity index (χ2n) is 6.71. The molecule has 1 aromatic rings. The average molecular weight is 324 g/mol. The van der Waals surface area contributed by atoms with E-state index in [1.165, 1.54) is 37.8 Å². The second kappa shape index (κ2) is 8.04. The summed E-state index contributed by atoms with van der Waals surface area (Å²) in [6, 6.07) is 0.566. The van der Waals surface area contributed by atoms with Gasteiger partial charge in [0.2, 0.25) is 5.91 Å². The molecule has 0 spiro atoms. The van der Waals surface area contributed by atoms with Crippen molar-refractivity contribution in [2.24, 2.45) is 5.92 Å². The highest BCUT2D eigenvalue weighted by Gasteiger charge is 2.22. The Bertz CT molecular complexity index is 504. The van der Waals surface area contributed by atoms with Crippen LogP contribution in [0.15, 0.2) is 5.16 Å². The van der Waals surface area contributed by atoms with Gasteiger partial charge >= 0.3 is 0 Å². The third-order valence-electron chi connectivity index (χ3n) is 4.33. The molecule has 0 aliphatic heterocycles. The summed E-state index contributed by atoms with van der Waals surface area (Å²) in [5.74, 6) is 1.05. The maximum atomic E-state index is 11.9. The van der Waals surface area contributed by atoms with Crippen molar-refractivity contribution in [1.82, 2.24) is 14.9 Å². The first-order valence-electron chi connectivity index (χ1n) is 8.44. The molecule has 1 N–H and O–H groups in total. The molecule has 4 nitrogen and oxygen atoms in total. The van der Waals surface area contributed by atoms with Gasteiger partial charge in [-0.2, -0.15) is 0 Å². The summed E-state index contributed by atoms with van der Waals surface area (Å²) in [6.45, 7) is 9.18. The quantitative estimate of drug-likeness (QED) is 0.808. The summed E-state index contributed by atoms with van der Waals surface area (Å²) in [7, 11) is 0. The number of hydrogen-bond donors (Lipinski definition) is 1. The van der Waals surface area contributed by atoms with Gasteiger partial charge in [-0.15, -0.1) is 0 Å². The first kappa shape index (κ1) is 17.4. The number of nitrogens with zero attached hydrogens (tertiary/aromatic N) is 2. The van der Waals surface area contributed by atoms with Crippen LogP contribution in [0, 0.1) is 19.8 Å². The van der Waals surface area contributed by atoms with E-state index in [1.807, 2.05) is 0 Å². The van der Waals surface area contributed by atoms with E-state index >= 15 is 0 Å². The minimum Gasteiger partial charge on any atom is -0.355 e. The van der Waals surface area contributed by atoms with E-state index in [0.29, 0.717) is 17.7 Å². The van der Waals surface area contributed by atoms with Crippen molar-refractivity contribution in [3.8, 4) is 0 Å². The van der Waals surface area contributed by atoms with Gasteiger partial charge < -0.3 is 9.88 Å². The predicted molar refractivity (Wildman–Crippen MR) is 92.4 cm³/mol. The summed E-state index contributed by atoms with van der Waals surface area (Å²) < 4.78 is 2.38. The largest absolute Gasteiger partial charge is 0.355 e. The van der Waals surface area contributed by atoms with Gasteiger partial charge in [0.05, 0.1) is 11.4 Å². The lowest BCUT2D eigenvalue weighted by molar-refractivity contribution is -0.118. The molecule has 1 amide bonds. The Kier molecular flexibility index (Phi) is 6.36. The van der Waals surface area contributed by atoms with Crippen molar-refractivity contribution in [3.63, 3.8) is 0 Å². The van der Waals surface area contributed by atoms with Crippen molar-refractivity contribution >= 4 is 17.7 Å². The molecular formula is C17H29N3OS. The maximum Gasteiger partial charge on any atom is 0.230 e. The molecule has 1 aliphatic rings. The average Bonchev–Trinajstić information content (AvgIpc) is 2.79. The Labute approximate surface area is 138 Å². The first-order chi connectivity index (χ1) is 10.5. The van der Waals surface area contributed by atoms with E-state index in [4.69, 9.17) is 4.98 Å². The molecule has 1 aliphatic carbocycles. The van der Waals surface area contributed by atoms with E-state index in [1.54, 1.807) is 11.8 Å². The summed E-state index contributed by atoms with van der Waals surface area (Å²) in [5, 5.41) is 3.99. The smallest absolute Gasteiger partial charge is 0.230 e. The van der Waals surface area contributed by atoms with Crippen molar-refractivity contribution in [1.29, 1.82) is 0 Å². The monoisotopic (exact) mass is 323 g/mol. The van der Waals surface area contributed by atoms with Gasteiger partial charge in [0.15, 0.2) is 5.16 Å². The number of nitrogens with one attached hydrogen (secondary N) is 1. The SMILES string of the molecule is Cc1nc(SCC(=O)NCC(C)C)n(C2CCCCC2)c1C. The van der Waals surface area contributed by atoms with Crippen LogP contribution in [0.5, 0.6) is 0 Å². The van der Waals surface area contributed by atoms with Gasteiger partial charge in [-0.25, -0.2) is 4.98 Å². The van der Waals surface area contributed by atoms with Gasteiger partial charge in [-0.1, -0.05) is 44.9 Å². The summed E-state index contributed by atoms with van der Waals surface area (Å²) in [5.41, 5.74) is 2.35. The first-order valence-corrected chi connectivity index (χ1v) is 9.42. The summed E-state index contributed by atoms with van der Waals surface area (Å²) >= 11 is 1.58. The number of imidazole rings is 1. The van der Waals surface area contributed by atoms with Crippen LogP contribution in [0.2, 0.25) is 0 Å². The zero-order valence-corrected chi connectivity index (χ0v) is 15.1. The Morgan fingerprint density at radius 2 is 2.00 bits per heavy atom. The Morgan fingerprint density at radius 3 is 2.64 bits per heavy atom. The maximum absolute atomic E-state index is 11.9. The molecule has 1 aromatic heterocycles. The Hall–Kier alpha value is -0.970. The lowest BCUT2D eigenvalue weighted by Gasteiger charge is -2.26. The molecule has 0 atom stereocenters. The topological polar surface area (TPSA) is 46.9 Å². The molecule has 1 fully saturated rings. The Balaban J connectivity index is 2.01. The zero-order chi connectivity index (χ0) is 16.1. The van der Waals surface area contributed by atoms with Crippen LogP contribution in [0.1, 0.15) is 63.4 Å². The third-order valence-corrected chi connectivity index (χ3v) is 5.29. The van der Waals surface area contributed by atoms with Gasteiger partial charge in [-0.05, 0) is 32.6 Å². The van der Waals surface area contributed by atoms with Crippen molar-refractivity contribution in [3.05, 3.63) is 11.4 Å². The van der Waals surface area contributed by atoms with E-state index in [2.05, 4.69) is 37.6 Å². The predicted octanol–water partition coefficient (Wildman–Crippen LogP) is 3.87. The van der Waals surface area contributed by atoms with Gasteiger partial charge in [0.25, 0.3) is 0 Å². The molecular weight excluding hydrogens is 294 g/mol. The second-order valence-corrected chi connectivity index (χ2v) is 7.66. The number of thioether (sulfide) groups is 1. The van der Waals surface area contributed by atoms with E-state index in [9.17, 15) is 4.79 Å². The minimum absolute atomic E-state index is 0.104. The highest BCUT2D eigenvalue weighted by Crippen LogP contribution is 2.34. The number of carbonyl (C=O) groups is 1. The number of rotatable bonds is 6. The van der Waals surface area contributed by atoms with Gasteiger partial charge in [0.1, 0.15) is 0 Å². The molecule has 0 bridgehead atoms. The van der Waals surface area contributed by atoms with Crippen LogP contribution in [-0.2, 0) is 4.79 Å². The normalized spacial score (nSPS) is 16.2. The highest BCUT2D eigenvalue weighted by molar-refractivity contribution is 7.99. The third kappa shape index (κ3) is 4.51. The fourth-order valence-corrected chi connectivity index (χ4v) is 3.96. The molecule has 5 heteroatoms. The zero-order valence-electron chi connectivity index (χ0n) is 14.3. The molecule has 0 saturated heterocycles. The lowest BCUT2D eigenvalue weighted by atomic mass is 9.95. The lowest BCUT2D eigenvalue weighted by Crippen LogP contribution is -2.29. The van der Waals surface area contributed by atoms with Crippen LogP contribution in [0.25, 0.3) is 0 Å². The van der Waals surface area contributed by atoms with Crippen LogP contribution in [0.4, 0.5) is 0 Å². The molecule has 0 radical (unpaired) electrons. The van der Waals surface area contributed by atoms with Crippen molar-refractivity contribution < 1.29 is 4.79 Å². The number of aryl methyl sites for hydroxylation is 1. The van der Waals surface area contributed by atoms with Crippen LogP contribution < -0.4 is 5.32 Å². The molecule has 0 aromatic carbocycles. The molecule has 22 heavy (non-hydrogen) atoms. The van der Waals surface area contributed by atoms with E-state index in [-0.39, 0.29) is 5.91 Å².